The molecule has 18 heavy (non-hydrogen) atoms. The average Bonchev–Trinajstić information content (AvgIpc) is 2.79. The van der Waals surface area contributed by atoms with Gasteiger partial charge in [0.05, 0.1) is 17.7 Å². The summed E-state index contributed by atoms with van der Waals surface area (Å²) in [5, 5.41) is 10.2. The van der Waals surface area contributed by atoms with E-state index in [9.17, 15) is 4.79 Å². The lowest BCUT2D eigenvalue weighted by Crippen LogP contribution is -2.40. The number of nitrogens with one attached hydrogen (secondary N) is 1. The molecule has 1 aromatic heterocycles. The molecule has 2 atom stereocenters. The van der Waals surface area contributed by atoms with Crippen molar-refractivity contribution in [1.29, 1.82) is 0 Å². The number of nitrogens with zero attached hydrogens (tertiary/aromatic N) is 2. The van der Waals surface area contributed by atoms with Crippen LogP contribution in [0.25, 0.3) is 0 Å². The Hall–Kier alpha value is -0.910. The number of ether oxygens (including phenoxy) is 1. The first-order valence-electron chi connectivity index (χ1n) is 5.64. The number of hydrogen-bond acceptors (Lipinski definition) is 4. The molecular formula is C11H13Cl2N3O2. The molecule has 1 aromatic rings. The third-order valence-corrected chi connectivity index (χ3v) is 3.50. The zero-order valence-corrected chi connectivity index (χ0v) is 11.3. The zero-order chi connectivity index (χ0) is 13.1. The van der Waals surface area contributed by atoms with E-state index in [1.165, 1.54) is 6.07 Å². The van der Waals surface area contributed by atoms with Crippen LogP contribution < -0.4 is 5.32 Å². The molecule has 1 N–H and O–H groups in total. The van der Waals surface area contributed by atoms with Gasteiger partial charge in [0.25, 0.3) is 5.91 Å². The van der Waals surface area contributed by atoms with Crippen molar-refractivity contribution in [3.05, 3.63) is 21.9 Å². The Labute approximate surface area is 115 Å². The number of halogens is 2. The van der Waals surface area contributed by atoms with Crippen LogP contribution in [0.1, 0.15) is 29.6 Å². The van der Waals surface area contributed by atoms with Crippen molar-refractivity contribution >= 4 is 29.1 Å². The number of amides is 1. The maximum Gasteiger partial charge on any atom is 0.254 e. The molecule has 1 saturated carbocycles. The SMILES string of the molecule is COC1CCCC1NC(=O)c1cc(Cl)nnc1Cl. The van der Waals surface area contributed by atoms with Crippen LogP contribution >= 0.6 is 23.2 Å². The summed E-state index contributed by atoms with van der Waals surface area (Å²) in [4.78, 5) is 12.1. The summed E-state index contributed by atoms with van der Waals surface area (Å²) in [7, 11) is 1.65. The number of carbonyl (C=O) groups excluding carboxylic acids is 1. The summed E-state index contributed by atoms with van der Waals surface area (Å²) >= 11 is 11.5. The number of carbonyl (C=O) groups is 1. The van der Waals surface area contributed by atoms with Gasteiger partial charge in [-0.15, -0.1) is 10.2 Å². The molecule has 0 bridgehead atoms. The van der Waals surface area contributed by atoms with E-state index in [1.807, 2.05) is 0 Å². The highest BCUT2D eigenvalue weighted by molar-refractivity contribution is 6.34. The molecule has 1 fully saturated rings. The van der Waals surface area contributed by atoms with Crippen molar-refractivity contribution in [2.45, 2.75) is 31.4 Å². The summed E-state index contributed by atoms with van der Waals surface area (Å²) in [5.41, 5.74) is 0.235. The molecule has 1 aliphatic carbocycles. The number of methoxy groups -OCH3 is 1. The van der Waals surface area contributed by atoms with Crippen LogP contribution in [0, 0.1) is 0 Å². The van der Waals surface area contributed by atoms with Gasteiger partial charge in [0.15, 0.2) is 10.3 Å². The predicted molar refractivity (Wildman–Crippen MR) is 68.0 cm³/mol. The fraction of sp³-hybridized carbons (Fsp3) is 0.545. The fourth-order valence-electron chi connectivity index (χ4n) is 2.13. The second-order valence-corrected chi connectivity index (χ2v) is 4.90. The van der Waals surface area contributed by atoms with Gasteiger partial charge in [-0.1, -0.05) is 23.2 Å². The van der Waals surface area contributed by atoms with Gasteiger partial charge < -0.3 is 10.1 Å². The van der Waals surface area contributed by atoms with Crippen LogP contribution in [-0.4, -0.2) is 35.4 Å². The molecule has 0 radical (unpaired) electrons. The maximum absolute atomic E-state index is 12.1. The highest BCUT2D eigenvalue weighted by Gasteiger charge is 2.29. The molecule has 0 saturated heterocycles. The van der Waals surface area contributed by atoms with Gasteiger partial charge in [-0.05, 0) is 25.3 Å². The molecule has 98 valence electrons. The van der Waals surface area contributed by atoms with E-state index < -0.39 is 0 Å². The standard InChI is InChI=1S/C11H13Cl2N3O2/c1-18-8-4-2-3-7(8)14-11(17)6-5-9(12)15-16-10(6)13/h5,7-8H,2-4H2,1H3,(H,14,17). The van der Waals surface area contributed by atoms with E-state index in [1.54, 1.807) is 7.11 Å². The quantitative estimate of drug-likeness (QED) is 0.925. The third-order valence-electron chi connectivity index (χ3n) is 3.04. The van der Waals surface area contributed by atoms with Gasteiger partial charge in [0.1, 0.15) is 0 Å². The first-order chi connectivity index (χ1) is 8.61. The Bertz CT molecular complexity index is 456. The highest BCUT2D eigenvalue weighted by Crippen LogP contribution is 2.23. The molecular weight excluding hydrogens is 277 g/mol. The summed E-state index contributed by atoms with van der Waals surface area (Å²) in [6, 6.07) is 1.41. The fourth-order valence-corrected chi connectivity index (χ4v) is 2.46. The lowest BCUT2D eigenvalue weighted by atomic mass is 10.2. The van der Waals surface area contributed by atoms with E-state index in [4.69, 9.17) is 27.9 Å². The van der Waals surface area contributed by atoms with E-state index >= 15 is 0 Å². The lowest BCUT2D eigenvalue weighted by molar-refractivity contribution is 0.0722. The van der Waals surface area contributed by atoms with Gasteiger partial charge in [-0.3, -0.25) is 4.79 Å². The number of hydrogen-bond donors (Lipinski definition) is 1. The molecule has 0 spiro atoms. The van der Waals surface area contributed by atoms with E-state index in [0.717, 1.165) is 19.3 Å². The van der Waals surface area contributed by atoms with Gasteiger partial charge in [0.2, 0.25) is 0 Å². The monoisotopic (exact) mass is 289 g/mol. The van der Waals surface area contributed by atoms with Crippen molar-refractivity contribution in [3.63, 3.8) is 0 Å². The van der Waals surface area contributed by atoms with Gasteiger partial charge in [-0.25, -0.2) is 0 Å². The van der Waals surface area contributed by atoms with Crippen LogP contribution in [0.4, 0.5) is 0 Å². The van der Waals surface area contributed by atoms with Crippen molar-refractivity contribution in [3.8, 4) is 0 Å². The minimum atomic E-state index is -0.300. The molecule has 5 nitrogen and oxygen atoms in total. The molecule has 7 heteroatoms. The van der Waals surface area contributed by atoms with Gasteiger partial charge in [0, 0.05) is 7.11 Å². The minimum Gasteiger partial charge on any atom is -0.379 e. The van der Waals surface area contributed by atoms with Crippen LogP contribution in [0.5, 0.6) is 0 Å². The molecule has 0 aliphatic heterocycles. The maximum atomic E-state index is 12.1. The Morgan fingerprint density at radius 2 is 2.22 bits per heavy atom. The molecule has 1 amide bonds. The second-order valence-electron chi connectivity index (χ2n) is 4.16. The van der Waals surface area contributed by atoms with Crippen molar-refractivity contribution in [1.82, 2.24) is 15.5 Å². The second kappa shape index (κ2) is 5.82. The zero-order valence-electron chi connectivity index (χ0n) is 9.82. The van der Waals surface area contributed by atoms with E-state index in [0.29, 0.717) is 0 Å². The number of aromatic nitrogens is 2. The smallest absolute Gasteiger partial charge is 0.254 e. The Kier molecular flexibility index (Phi) is 4.37. The Morgan fingerprint density at radius 3 is 2.94 bits per heavy atom. The first kappa shape index (κ1) is 13.5. The van der Waals surface area contributed by atoms with Gasteiger partial charge in [-0.2, -0.15) is 0 Å². The van der Waals surface area contributed by atoms with Crippen molar-refractivity contribution in [2.75, 3.05) is 7.11 Å². The van der Waals surface area contributed by atoms with E-state index in [2.05, 4.69) is 15.5 Å². The summed E-state index contributed by atoms with van der Waals surface area (Å²) < 4.78 is 5.31. The largest absolute Gasteiger partial charge is 0.379 e. The third kappa shape index (κ3) is 2.91. The predicted octanol–water partition coefficient (Wildman–Crippen LogP) is 2.08. The van der Waals surface area contributed by atoms with Crippen molar-refractivity contribution in [2.24, 2.45) is 0 Å². The van der Waals surface area contributed by atoms with Crippen LogP contribution in [0.3, 0.4) is 0 Å². The summed E-state index contributed by atoms with van der Waals surface area (Å²) in [5.74, 6) is -0.300. The molecule has 1 aliphatic rings. The van der Waals surface area contributed by atoms with Crippen LogP contribution in [0.15, 0.2) is 6.07 Å². The van der Waals surface area contributed by atoms with Crippen molar-refractivity contribution < 1.29 is 9.53 Å². The topological polar surface area (TPSA) is 64.1 Å². The highest BCUT2D eigenvalue weighted by atomic mass is 35.5. The molecule has 0 aromatic carbocycles. The normalized spacial score (nSPS) is 23.1. The average molecular weight is 290 g/mol. The van der Waals surface area contributed by atoms with E-state index in [-0.39, 0.29) is 33.9 Å². The Morgan fingerprint density at radius 1 is 1.44 bits per heavy atom. The van der Waals surface area contributed by atoms with Crippen LogP contribution in [-0.2, 0) is 4.74 Å². The Balaban J connectivity index is 2.09. The summed E-state index contributed by atoms with van der Waals surface area (Å²) in [6.07, 6.45) is 2.93. The summed E-state index contributed by atoms with van der Waals surface area (Å²) in [6.45, 7) is 0. The molecule has 1 heterocycles. The minimum absolute atomic E-state index is 0.00510. The molecule has 2 rings (SSSR count). The van der Waals surface area contributed by atoms with Gasteiger partial charge >= 0.3 is 0 Å². The first-order valence-corrected chi connectivity index (χ1v) is 6.40. The lowest BCUT2D eigenvalue weighted by Gasteiger charge is -2.19. The number of rotatable bonds is 3. The van der Waals surface area contributed by atoms with Crippen LogP contribution in [0.2, 0.25) is 10.3 Å². The molecule has 2 unspecified atom stereocenters.